The van der Waals surface area contributed by atoms with E-state index in [1.54, 1.807) is 17.1 Å². The minimum Gasteiger partial charge on any atom is -0.444 e. The zero-order valence-electron chi connectivity index (χ0n) is 24.4. The fraction of sp³-hybridized carbons (Fsp3) is 0.615. The van der Waals surface area contributed by atoms with Gasteiger partial charge in [0.2, 0.25) is 5.95 Å². The average Bonchev–Trinajstić information content (AvgIpc) is 3.53. The lowest BCUT2D eigenvalue weighted by molar-refractivity contribution is 0.0270. The normalized spacial score (nSPS) is 18.0. The van der Waals surface area contributed by atoms with E-state index in [9.17, 15) is 9.90 Å². The molecule has 40 heavy (non-hydrogen) atoms. The van der Waals surface area contributed by atoms with Gasteiger partial charge in [-0.15, -0.1) is 0 Å². The quantitative estimate of drug-likeness (QED) is 0.225. The first kappa shape index (κ1) is 30.1. The molecule has 0 bridgehead atoms. The summed E-state index contributed by atoms with van der Waals surface area (Å²) in [5, 5.41) is 22.7. The van der Waals surface area contributed by atoms with Gasteiger partial charge in [0.05, 0.1) is 41.0 Å². The van der Waals surface area contributed by atoms with Crippen LogP contribution in [0.3, 0.4) is 0 Å². The summed E-state index contributed by atoms with van der Waals surface area (Å²) in [6.45, 7) is 16.4. The first-order valence-corrected chi connectivity index (χ1v) is 17.7. The molecule has 2 atom stereocenters. The van der Waals surface area contributed by atoms with Crippen LogP contribution in [-0.4, -0.2) is 85.9 Å². The van der Waals surface area contributed by atoms with E-state index in [4.69, 9.17) is 31.0 Å². The molecule has 1 amide bonds. The fourth-order valence-electron chi connectivity index (χ4n) is 4.25. The highest BCUT2D eigenvalue weighted by atomic mass is 35.5. The molecule has 220 valence electrons. The Balaban J connectivity index is 1.62. The van der Waals surface area contributed by atoms with Crippen LogP contribution in [-0.2, 0) is 22.7 Å². The molecular formula is C26H41ClN8O4Si. The van der Waals surface area contributed by atoms with E-state index in [0.717, 1.165) is 18.3 Å². The first-order chi connectivity index (χ1) is 18.7. The Kier molecular flexibility index (Phi) is 8.98. The number of hydrogen-bond donors (Lipinski definition) is 3. The van der Waals surface area contributed by atoms with Crippen molar-refractivity contribution < 1.29 is 19.4 Å². The second-order valence-electron chi connectivity index (χ2n) is 12.3. The van der Waals surface area contributed by atoms with Gasteiger partial charge in [-0.05, 0) is 33.7 Å². The van der Waals surface area contributed by atoms with Crippen LogP contribution < -0.4 is 10.6 Å². The van der Waals surface area contributed by atoms with E-state index >= 15 is 0 Å². The summed E-state index contributed by atoms with van der Waals surface area (Å²) in [5.74, 6) is 0.775. The standard InChI is InChI=1S/C26H41ClN8O4Si/c1-8-35-12-17(11-28-35)29-24-31-22(30-19-14-33(15-20(19)36)25(37)39-26(2,3)4)21-18(27)13-34(23(21)32-24)16-38-9-10-40(5,6)7/h11-13,19-20,36H,8-10,14-16H2,1-7H3,(H2,29,30,31,32)/t19-,20+/m0/s1. The molecule has 3 N–H and O–H groups in total. The third-order valence-corrected chi connectivity index (χ3v) is 8.36. The molecule has 1 saturated heterocycles. The van der Waals surface area contributed by atoms with E-state index < -0.39 is 31.9 Å². The Hall–Kier alpha value is -2.87. The lowest BCUT2D eigenvalue weighted by Gasteiger charge is -2.24. The lowest BCUT2D eigenvalue weighted by atomic mass is 10.2. The molecule has 1 aliphatic heterocycles. The Morgan fingerprint density at radius 3 is 2.62 bits per heavy atom. The molecule has 3 aromatic rings. The number of likely N-dealkylation sites (tertiary alicyclic amines) is 1. The summed E-state index contributed by atoms with van der Waals surface area (Å²) < 4.78 is 15.1. The molecule has 0 radical (unpaired) electrons. The molecular weight excluding hydrogens is 552 g/mol. The summed E-state index contributed by atoms with van der Waals surface area (Å²) in [4.78, 5) is 23.6. The Bertz CT molecular complexity index is 1330. The minimum absolute atomic E-state index is 0.141. The Morgan fingerprint density at radius 2 is 1.98 bits per heavy atom. The van der Waals surface area contributed by atoms with E-state index in [2.05, 4.69) is 35.4 Å². The summed E-state index contributed by atoms with van der Waals surface area (Å²) in [5.41, 5.74) is 0.684. The lowest BCUT2D eigenvalue weighted by Crippen LogP contribution is -2.36. The van der Waals surface area contributed by atoms with Gasteiger partial charge >= 0.3 is 6.09 Å². The number of carbonyl (C=O) groups is 1. The molecule has 3 aromatic heterocycles. The van der Waals surface area contributed by atoms with Gasteiger partial charge in [-0.25, -0.2) is 4.79 Å². The van der Waals surface area contributed by atoms with Gasteiger partial charge in [0.15, 0.2) is 5.65 Å². The van der Waals surface area contributed by atoms with Gasteiger partial charge in [0.25, 0.3) is 0 Å². The number of nitrogens with one attached hydrogen (secondary N) is 2. The Labute approximate surface area is 241 Å². The number of carbonyl (C=O) groups excluding carboxylic acids is 1. The molecule has 1 aliphatic rings. The van der Waals surface area contributed by atoms with Crippen molar-refractivity contribution in [2.24, 2.45) is 0 Å². The predicted molar refractivity (Wildman–Crippen MR) is 159 cm³/mol. The van der Waals surface area contributed by atoms with Crippen LogP contribution >= 0.6 is 11.6 Å². The van der Waals surface area contributed by atoms with Crippen molar-refractivity contribution in [2.45, 2.75) is 84.4 Å². The van der Waals surface area contributed by atoms with Gasteiger partial charge in [-0.3, -0.25) is 4.68 Å². The van der Waals surface area contributed by atoms with Crippen LogP contribution in [0.4, 0.5) is 22.2 Å². The SMILES string of the molecule is CCn1cc(Nc2nc(N[C@H]3CN(C(=O)OC(C)(C)C)C[C@H]3O)c3c(Cl)cn(COCC[Si](C)(C)C)c3n2)cn1. The molecule has 12 nitrogen and oxygen atoms in total. The maximum atomic E-state index is 12.6. The summed E-state index contributed by atoms with van der Waals surface area (Å²) in [6, 6.07) is 0.553. The molecule has 0 spiro atoms. The molecule has 0 saturated carbocycles. The number of hydrogen-bond acceptors (Lipinski definition) is 9. The summed E-state index contributed by atoms with van der Waals surface area (Å²) in [7, 11) is -1.24. The van der Waals surface area contributed by atoms with Crippen molar-refractivity contribution in [2.75, 3.05) is 30.3 Å². The van der Waals surface area contributed by atoms with E-state index in [-0.39, 0.29) is 19.8 Å². The van der Waals surface area contributed by atoms with Crippen molar-refractivity contribution in [1.82, 2.24) is 29.2 Å². The summed E-state index contributed by atoms with van der Waals surface area (Å²) in [6.07, 6.45) is 4.04. The number of β-amino-alcohol motifs (C(OH)–C–C–N with tert-alkyl or cyclic N) is 1. The third-order valence-electron chi connectivity index (χ3n) is 6.37. The minimum atomic E-state index is -1.24. The van der Waals surface area contributed by atoms with Crippen molar-refractivity contribution in [3.05, 3.63) is 23.6 Å². The topological polar surface area (TPSA) is 132 Å². The maximum absolute atomic E-state index is 12.6. The van der Waals surface area contributed by atoms with E-state index in [1.807, 2.05) is 38.5 Å². The number of aryl methyl sites for hydroxylation is 1. The van der Waals surface area contributed by atoms with Crippen LogP contribution in [0, 0.1) is 0 Å². The highest BCUT2D eigenvalue weighted by Crippen LogP contribution is 2.33. The van der Waals surface area contributed by atoms with Gasteiger partial charge in [-0.1, -0.05) is 31.2 Å². The largest absolute Gasteiger partial charge is 0.444 e. The van der Waals surface area contributed by atoms with Gasteiger partial charge in [-0.2, -0.15) is 15.1 Å². The van der Waals surface area contributed by atoms with Gasteiger partial charge in [0.1, 0.15) is 18.1 Å². The zero-order chi connectivity index (χ0) is 29.2. The first-order valence-electron chi connectivity index (χ1n) is 13.6. The monoisotopic (exact) mass is 592 g/mol. The zero-order valence-corrected chi connectivity index (χ0v) is 26.1. The molecule has 4 heterocycles. The third kappa shape index (κ3) is 7.65. The number of anilines is 3. The van der Waals surface area contributed by atoms with E-state index in [1.165, 1.54) is 4.90 Å². The average molecular weight is 593 g/mol. The molecule has 4 rings (SSSR count). The van der Waals surface area contributed by atoms with Gasteiger partial charge < -0.3 is 34.7 Å². The molecule has 14 heteroatoms. The van der Waals surface area contributed by atoms with Gasteiger partial charge in [0, 0.05) is 40.2 Å². The van der Waals surface area contributed by atoms with E-state index in [0.29, 0.717) is 34.4 Å². The van der Waals surface area contributed by atoms with Crippen LogP contribution in [0.15, 0.2) is 18.6 Å². The number of nitrogens with zero attached hydrogens (tertiary/aromatic N) is 6. The molecule has 0 aliphatic carbocycles. The number of ether oxygens (including phenoxy) is 2. The second-order valence-corrected chi connectivity index (χ2v) is 18.3. The van der Waals surface area contributed by atoms with Crippen molar-refractivity contribution >= 4 is 54.3 Å². The van der Waals surface area contributed by atoms with Crippen LogP contribution in [0.2, 0.25) is 30.7 Å². The van der Waals surface area contributed by atoms with Crippen LogP contribution in [0.1, 0.15) is 27.7 Å². The number of rotatable bonds is 10. The number of aliphatic hydroxyl groups is 1. The second kappa shape index (κ2) is 11.9. The Morgan fingerprint density at radius 1 is 1.23 bits per heavy atom. The number of aromatic nitrogens is 5. The van der Waals surface area contributed by atoms with Crippen molar-refractivity contribution in [1.29, 1.82) is 0 Å². The smallest absolute Gasteiger partial charge is 0.410 e. The van der Waals surface area contributed by atoms with Crippen LogP contribution in [0.5, 0.6) is 0 Å². The summed E-state index contributed by atoms with van der Waals surface area (Å²) >= 11 is 6.71. The maximum Gasteiger partial charge on any atom is 0.410 e. The fourth-order valence-corrected chi connectivity index (χ4v) is 5.30. The van der Waals surface area contributed by atoms with Crippen LogP contribution in [0.25, 0.3) is 11.0 Å². The predicted octanol–water partition coefficient (Wildman–Crippen LogP) is 4.75. The number of halogens is 1. The number of aliphatic hydroxyl groups excluding tert-OH is 1. The molecule has 1 fully saturated rings. The highest BCUT2D eigenvalue weighted by Gasteiger charge is 2.37. The van der Waals surface area contributed by atoms with Crippen molar-refractivity contribution in [3.8, 4) is 0 Å². The van der Waals surface area contributed by atoms with Crippen molar-refractivity contribution in [3.63, 3.8) is 0 Å². The molecule has 0 aromatic carbocycles. The number of amides is 1. The highest BCUT2D eigenvalue weighted by molar-refractivity contribution is 6.76. The number of fused-ring (bicyclic) bond motifs is 1. The molecule has 0 unspecified atom stereocenters.